The summed E-state index contributed by atoms with van der Waals surface area (Å²) in [4.78, 5) is 12.1. The monoisotopic (exact) mass is 261 g/mol. The molecule has 0 atom stereocenters. The topological polar surface area (TPSA) is 53.6 Å². The third-order valence-corrected chi connectivity index (χ3v) is 2.31. The number of nitrogens with one attached hydrogen (secondary N) is 2. The SMILES string of the molecule is CC.CCNCCN1CCOCC1.CNC(C)=O. The molecule has 1 rings (SSSR count). The molecule has 0 radical (unpaired) electrons. The Balaban J connectivity index is 0. The molecule has 5 heteroatoms. The van der Waals surface area contributed by atoms with Crippen molar-refractivity contribution in [3.8, 4) is 0 Å². The van der Waals surface area contributed by atoms with Gasteiger partial charge in [0.25, 0.3) is 0 Å². The molecule has 0 saturated carbocycles. The first-order valence-electron chi connectivity index (χ1n) is 6.89. The Kier molecular flexibility index (Phi) is 17.9. The largest absolute Gasteiger partial charge is 0.379 e. The van der Waals surface area contributed by atoms with Crippen LogP contribution in [0.5, 0.6) is 0 Å². The standard InChI is InChI=1S/C8H18N2O.C3H7NO.C2H6/c1-2-9-3-4-10-5-7-11-8-6-10;1-3(5)4-2;1-2/h9H,2-8H2,1H3;1-2H3,(H,4,5);1-2H3. The van der Waals surface area contributed by atoms with Crippen LogP contribution >= 0.6 is 0 Å². The summed E-state index contributed by atoms with van der Waals surface area (Å²) in [5.74, 6) is 0.00463. The zero-order valence-electron chi connectivity index (χ0n) is 12.7. The Morgan fingerprint density at radius 1 is 1.28 bits per heavy atom. The zero-order valence-corrected chi connectivity index (χ0v) is 12.7. The molecule has 1 aliphatic heterocycles. The van der Waals surface area contributed by atoms with Crippen LogP contribution in [0.25, 0.3) is 0 Å². The van der Waals surface area contributed by atoms with Crippen LogP contribution in [-0.4, -0.2) is 63.8 Å². The molecule has 5 nitrogen and oxygen atoms in total. The average Bonchev–Trinajstić information content (AvgIpc) is 2.43. The Bertz CT molecular complexity index is 172. The smallest absolute Gasteiger partial charge is 0.216 e. The van der Waals surface area contributed by atoms with Crippen LogP contribution in [0.4, 0.5) is 0 Å². The van der Waals surface area contributed by atoms with Gasteiger partial charge in [-0.25, -0.2) is 0 Å². The number of hydrogen-bond donors (Lipinski definition) is 2. The highest BCUT2D eigenvalue weighted by molar-refractivity contribution is 5.72. The number of ether oxygens (including phenoxy) is 1. The van der Waals surface area contributed by atoms with Gasteiger partial charge in [-0.15, -0.1) is 0 Å². The Morgan fingerprint density at radius 2 is 1.78 bits per heavy atom. The molecule has 2 N–H and O–H groups in total. The van der Waals surface area contributed by atoms with Gasteiger partial charge in [-0.1, -0.05) is 20.8 Å². The molecular weight excluding hydrogens is 230 g/mol. The van der Waals surface area contributed by atoms with Crippen molar-refractivity contribution in [3.63, 3.8) is 0 Å². The van der Waals surface area contributed by atoms with Crippen molar-refractivity contribution in [1.82, 2.24) is 15.5 Å². The highest BCUT2D eigenvalue weighted by Gasteiger charge is 2.08. The maximum Gasteiger partial charge on any atom is 0.216 e. The molecule has 0 aromatic carbocycles. The van der Waals surface area contributed by atoms with E-state index in [9.17, 15) is 4.79 Å². The first-order valence-corrected chi connectivity index (χ1v) is 6.89. The normalized spacial score (nSPS) is 14.7. The molecule has 1 saturated heterocycles. The molecule has 110 valence electrons. The van der Waals surface area contributed by atoms with Crippen molar-refractivity contribution >= 4 is 5.91 Å². The zero-order chi connectivity index (χ0) is 14.2. The molecule has 0 aliphatic carbocycles. The summed E-state index contributed by atoms with van der Waals surface area (Å²) in [7, 11) is 1.60. The summed E-state index contributed by atoms with van der Waals surface area (Å²) in [6, 6.07) is 0. The van der Waals surface area contributed by atoms with Crippen LogP contribution in [0, 0.1) is 0 Å². The lowest BCUT2D eigenvalue weighted by molar-refractivity contribution is -0.118. The summed E-state index contributed by atoms with van der Waals surface area (Å²) >= 11 is 0. The average molecular weight is 261 g/mol. The minimum Gasteiger partial charge on any atom is -0.379 e. The van der Waals surface area contributed by atoms with Crippen molar-refractivity contribution in [2.45, 2.75) is 27.7 Å². The summed E-state index contributed by atoms with van der Waals surface area (Å²) in [6.07, 6.45) is 0. The van der Waals surface area contributed by atoms with Crippen LogP contribution in [0.1, 0.15) is 27.7 Å². The number of morpholine rings is 1. The Hall–Kier alpha value is -0.650. The highest BCUT2D eigenvalue weighted by Crippen LogP contribution is 1.94. The van der Waals surface area contributed by atoms with Crippen LogP contribution < -0.4 is 10.6 Å². The van der Waals surface area contributed by atoms with Crippen molar-refractivity contribution in [2.75, 3.05) is 53.0 Å². The second-order valence-corrected chi connectivity index (χ2v) is 3.61. The molecule has 1 heterocycles. The molecule has 0 aromatic rings. The molecule has 0 unspecified atom stereocenters. The van der Waals surface area contributed by atoms with Gasteiger partial charge < -0.3 is 15.4 Å². The lowest BCUT2D eigenvalue weighted by Gasteiger charge is -2.26. The maximum atomic E-state index is 9.70. The van der Waals surface area contributed by atoms with Crippen LogP contribution in [-0.2, 0) is 9.53 Å². The number of carbonyl (C=O) groups excluding carboxylic acids is 1. The van der Waals surface area contributed by atoms with Gasteiger partial charge >= 0.3 is 0 Å². The van der Waals surface area contributed by atoms with Crippen LogP contribution in [0.15, 0.2) is 0 Å². The van der Waals surface area contributed by atoms with E-state index >= 15 is 0 Å². The molecule has 1 amide bonds. The van der Waals surface area contributed by atoms with Crippen molar-refractivity contribution in [2.24, 2.45) is 0 Å². The number of likely N-dealkylation sites (N-methyl/N-ethyl adjacent to an activating group) is 1. The van der Waals surface area contributed by atoms with E-state index < -0.39 is 0 Å². The third kappa shape index (κ3) is 15.4. The molecule has 0 spiro atoms. The number of carbonyl (C=O) groups is 1. The van der Waals surface area contributed by atoms with Gasteiger partial charge in [0, 0.05) is 40.2 Å². The number of amides is 1. The first kappa shape index (κ1) is 19.7. The summed E-state index contributed by atoms with van der Waals surface area (Å²) in [5.41, 5.74) is 0. The lowest BCUT2D eigenvalue weighted by atomic mass is 10.4. The van der Waals surface area contributed by atoms with Gasteiger partial charge in [-0.2, -0.15) is 0 Å². The van der Waals surface area contributed by atoms with Gasteiger partial charge in [0.1, 0.15) is 0 Å². The van der Waals surface area contributed by atoms with Crippen LogP contribution in [0.2, 0.25) is 0 Å². The molecule has 1 fully saturated rings. The van der Waals surface area contributed by atoms with Crippen molar-refractivity contribution in [3.05, 3.63) is 0 Å². The molecule has 0 aromatic heterocycles. The van der Waals surface area contributed by atoms with Gasteiger partial charge in [0.2, 0.25) is 5.91 Å². The fourth-order valence-corrected chi connectivity index (χ4v) is 1.24. The van der Waals surface area contributed by atoms with Gasteiger partial charge in [-0.05, 0) is 6.54 Å². The quantitative estimate of drug-likeness (QED) is 0.732. The van der Waals surface area contributed by atoms with E-state index in [0.717, 1.165) is 45.9 Å². The minimum absolute atomic E-state index is 0.00463. The van der Waals surface area contributed by atoms with E-state index in [0.29, 0.717) is 0 Å². The van der Waals surface area contributed by atoms with E-state index in [4.69, 9.17) is 4.74 Å². The highest BCUT2D eigenvalue weighted by atomic mass is 16.5. The van der Waals surface area contributed by atoms with E-state index in [1.54, 1.807) is 7.05 Å². The van der Waals surface area contributed by atoms with Gasteiger partial charge in [-0.3, -0.25) is 9.69 Å². The molecule has 0 bridgehead atoms. The molecule has 18 heavy (non-hydrogen) atoms. The molecular formula is C13H31N3O2. The fraction of sp³-hybridized carbons (Fsp3) is 0.923. The number of rotatable bonds is 4. The minimum atomic E-state index is 0.00463. The predicted octanol–water partition coefficient (Wildman–Crippen LogP) is 0.707. The van der Waals surface area contributed by atoms with E-state index in [1.807, 2.05) is 13.8 Å². The number of nitrogens with zero attached hydrogens (tertiary/aromatic N) is 1. The molecule has 1 aliphatic rings. The van der Waals surface area contributed by atoms with Crippen LogP contribution in [0.3, 0.4) is 0 Å². The summed E-state index contributed by atoms with van der Waals surface area (Å²) < 4.78 is 5.24. The van der Waals surface area contributed by atoms with Crippen molar-refractivity contribution in [1.29, 1.82) is 0 Å². The van der Waals surface area contributed by atoms with E-state index in [-0.39, 0.29) is 5.91 Å². The van der Waals surface area contributed by atoms with Gasteiger partial charge in [0.15, 0.2) is 0 Å². The maximum absolute atomic E-state index is 9.70. The first-order chi connectivity index (χ1) is 8.70. The van der Waals surface area contributed by atoms with Crippen molar-refractivity contribution < 1.29 is 9.53 Å². The van der Waals surface area contributed by atoms with Gasteiger partial charge in [0.05, 0.1) is 13.2 Å². The number of hydrogen-bond acceptors (Lipinski definition) is 4. The summed E-state index contributed by atoms with van der Waals surface area (Å²) in [6.45, 7) is 15.0. The fourth-order valence-electron chi connectivity index (χ4n) is 1.24. The second kappa shape index (κ2) is 16.4. The second-order valence-electron chi connectivity index (χ2n) is 3.61. The third-order valence-electron chi connectivity index (χ3n) is 2.31. The van der Waals surface area contributed by atoms with E-state index in [2.05, 4.69) is 22.5 Å². The Morgan fingerprint density at radius 3 is 2.17 bits per heavy atom. The van der Waals surface area contributed by atoms with E-state index in [1.165, 1.54) is 6.92 Å². The summed E-state index contributed by atoms with van der Waals surface area (Å²) in [5, 5.41) is 5.70. The predicted molar refractivity (Wildman–Crippen MR) is 76.9 cm³/mol. The Labute approximate surface area is 112 Å². The lowest BCUT2D eigenvalue weighted by Crippen LogP contribution is -2.40.